The van der Waals surface area contributed by atoms with Gasteiger partial charge in [-0.15, -0.1) is 0 Å². The molecule has 1 unspecified atom stereocenters. The molecule has 0 fully saturated rings. The first kappa shape index (κ1) is 15.8. The molecule has 0 radical (unpaired) electrons. The van der Waals surface area contributed by atoms with Gasteiger partial charge in [-0.2, -0.15) is 0 Å². The molecule has 21 heavy (non-hydrogen) atoms. The lowest BCUT2D eigenvalue weighted by atomic mass is 10.2. The van der Waals surface area contributed by atoms with Crippen LogP contribution in [0.5, 0.6) is 5.75 Å². The summed E-state index contributed by atoms with van der Waals surface area (Å²) in [6.45, 7) is 2.33. The van der Waals surface area contributed by atoms with E-state index < -0.39 is 6.10 Å². The van der Waals surface area contributed by atoms with Crippen molar-refractivity contribution in [2.24, 2.45) is 0 Å². The highest BCUT2D eigenvalue weighted by atomic mass is 79.9. The summed E-state index contributed by atoms with van der Waals surface area (Å²) in [5.41, 5.74) is 1.60. The fourth-order valence-electron chi connectivity index (χ4n) is 1.86. The Morgan fingerprint density at radius 2 is 2.10 bits per heavy atom. The SMILES string of the molecule is Cc1cc(F)ccc1NCC(O)COc1cccc(Br)c1. The van der Waals surface area contributed by atoms with Crippen molar-refractivity contribution in [1.29, 1.82) is 0 Å². The molecule has 2 N–H and O–H groups in total. The summed E-state index contributed by atoms with van der Waals surface area (Å²) in [6, 6.07) is 11.9. The average molecular weight is 354 g/mol. The topological polar surface area (TPSA) is 41.5 Å². The molecule has 3 nitrogen and oxygen atoms in total. The van der Waals surface area contributed by atoms with Gasteiger partial charge in [-0.1, -0.05) is 22.0 Å². The van der Waals surface area contributed by atoms with Crippen molar-refractivity contribution >= 4 is 21.6 Å². The average Bonchev–Trinajstić information content (AvgIpc) is 2.44. The van der Waals surface area contributed by atoms with Gasteiger partial charge in [0.05, 0.1) is 0 Å². The number of ether oxygens (including phenoxy) is 1. The van der Waals surface area contributed by atoms with E-state index in [4.69, 9.17) is 4.74 Å². The van der Waals surface area contributed by atoms with Crippen LogP contribution in [0, 0.1) is 12.7 Å². The third-order valence-corrected chi connectivity index (χ3v) is 3.45. The molecule has 1 atom stereocenters. The predicted molar refractivity (Wildman–Crippen MR) is 85.3 cm³/mol. The summed E-state index contributed by atoms with van der Waals surface area (Å²) in [6.07, 6.45) is -0.659. The van der Waals surface area contributed by atoms with E-state index in [0.29, 0.717) is 12.3 Å². The van der Waals surface area contributed by atoms with Crippen molar-refractivity contribution in [2.75, 3.05) is 18.5 Å². The summed E-state index contributed by atoms with van der Waals surface area (Å²) >= 11 is 3.36. The molecule has 2 aromatic carbocycles. The Balaban J connectivity index is 1.80. The van der Waals surface area contributed by atoms with Crippen molar-refractivity contribution in [3.8, 4) is 5.75 Å². The number of halogens is 2. The Hall–Kier alpha value is -1.59. The van der Waals surface area contributed by atoms with Gasteiger partial charge in [-0.05, 0) is 48.9 Å². The molecule has 2 rings (SSSR count). The number of hydrogen-bond acceptors (Lipinski definition) is 3. The molecule has 5 heteroatoms. The van der Waals surface area contributed by atoms with Gasteiger partial charge in [-0.3, -0.25) is 0 Å². The van der Waals surface area contributed by atoms with Crippen LogP contribution < -0.4 is 10.1 Å². The molecule has 0 heterocycles. The van der Waals surface area contributed by atoms with Gasteiger partial charge in [0.2, 0.25) is 0 Å². The molecule has 0 saturated carbocycles. The monoisotopic (exact) mass is 353 g/mol. The first-order chi connectivity index (χ1) is 10.0. The van der Waals surface area contributed by atoms with Crippen LogP contribution in [0.2, 0.25) is 0 Å². The maximum absolute atomic E-state index is 13.0. The van der Waals surface area contributed by atoms with E-state index in [0.717, 1.165) is 15.7 Å². The second-order valence-electron chi connectivity index (χ2n) is 4.76. The molecular weight excluding hydrogens is 337 g/mol. The molecule has 0 spiro atoms. The molecular formula is C16H17BrFNO2. The van der Waals surface area contributed by atoms with E-state index in [9.17, 15) is 9.50 Å². The van der Waals surface area contributed by atoms with E-state index >= 15 is 0 Å². The van der Waals surface area contributed by atoms with Gasteiger partial charge in [0.1, 0.15) is 24.3 Å². The van der Waals surface area contributed by atoms with Gasteiger partial charge >= 0.3 is 0 Å². The van der Waals surface area contributed by atoms with Gasteiger partial charge < -0.3 is 15.2 Å². The van der Waals surface area contributed by atoms with Crippen molar-refractivity contribution in [2.45, 2.75) is 13.0 Å². The van der Waals surface area contributed by atoms with E-state index in [2.05, 4.69) is 21.2 Å². The van der Waals surface area contributed by atoms with E-state index in [1.54, 1.807) is 6.07 Å². The standard InChI is InChI=1S/C16H17BrFNO2/c1-11-7-13(18)5-6-16(11)19-9-14(20)10-21-15-4-2-3-12(17)8-15/h2-8,14,19-20H,9-10H2,1H3. The highest BCUT2D eigenvalue weighted by Gasteiger charge is 2.07. The van der Waals surface area contributed by atoms with Gasteiger partial charge in [0.25, 0.3) is 0 Å². The molecule has 0 amide bonds. The number of benzene rings is 2. The lowest BCUT2D eigenvalue weighted by molar-refractivity contribution is 0.117. The lowest BCUT2D eigenvalue weighted by Crippen LogP contribution is -2.26. The Bertz CT molecular complexity index is 607. The fourth-order valence-corrected chi connectivity index (χ4v) is 2.24. The molecule has 0 bridgehead atoms. The van der Waals surface area contributed by atoms with Gasteiger partial charge in [0, 0.05) is 16.7 Å². The van der Waals surface area contributed by atoms with Crippen LogP contribution in [0.25, 0.3) is 0 Å². The molecule has 0 aromatic heterocycles. The van der Waals surface area contributed by atoms with Crippen molar-refractivity contribution in [1.82, 2.24) is 0 Å². The van der Waals surface area contributed by atoms with Crippen LogP contribution in [0.15, 0.2) is 46.9 Å². The second-order valence-corrected chi connectivity index (χ2v) is 5.68. The zero-order valence-electron chi connectivity index (χ0n) is 11.6. The van der Waals surface area contributed by atoms with Crippen LogP contribution in [-0.2, 0) is 0 Å². The van der Waals surface area contributed by atoms with Crippen LogP contribution >= 0.6 is 15.9 Å². The highest BCUT2D eigenvalue weighted by Crippen LogP contribution is 2.18. The number of aryl methyl sites for hydroxylation is 1. The number of anilines is 1. The molecule has 0 aliphatic rings. The lowest BCUT2D eigenvalue weighted by Gasteiger charge is -2.15. The minimum atomic E-state index is -0.659. The zero-order valence-corrected chi connectivity index (χ0v) is 13.2. The summed E-state index contributed by atoms with van der Waals surface area (Å²) < 4.78 is 19.4. The number of hydrogen-bond donors (Lipinski definition) is 2. The third kappa shape index (κ3) is 5.02. The zero-order chi connectivity index (χ0) is 15.2. The molecule has 0 aliphatic carbocycles. The van der Waals surface area contributed by atoms with Gasteiger partial charge in [-0.25, -0.2) is 4.39 Å². The van der Waals surface area contributed by atoms with Crippen LogP contribution in [0.3, 0.4) is 0 Å². The van der Waals surface area contributed by atoms with Crippen molar-refractivity contribution in [3.05, 3.63) is 58.3 Å². The van der Waals surface area contributed by atoms with E-state index in [1.807, 2.05) is 31.2 Å². The summed E-state index contributed by atoms with van der Waals surface area (Å²) in [5, 5.41) is 13.0. The number of aliphatic hydroxyl groups excluding tert-OH is 1. The summed E-state index contributed by atoms with van der Waals surface area (Å²) in [7, 11) is 0. The summed E-state index contributed by atoms with van der Waals surface area (Å²) in [4.78, 5) is 0. The Kier molecular flexibility index (Phi) is 5.59. The Morgan fingerprint density at radius 1 is 1.29 bits per heavy atom. The maximum atomic E-state index is 13.0. The predicted octanol–water partition coefficient (Wildman–Crippen LogP) is 3.75. The van der Waals surface area contributed by atoms with Crippen molar-refractivity contribution < 1.29 is 14.2 Å². The van der Waals surface area contributed by atoms with Crippen LogP contribution in [0.1, 0.15) is 5.56 Å². The molecule has 0 saturated heterocycles. The quantitative estimate of drug-likeness (QED) is 0.830. The molecule has 2 aromatic rings. The molecule has 112 valence electrons. The van der Waals surface area contributed by atoms with Crippen LogP contribution in [-0.4, -0.2) is 24.4 Å². The maximum Gasteiger partial charge on any atom is 0.123 e. The highest BCUT2D eigenvalue weighted by molar-refractivity contribution is 9.10. The minimum absolute atomic E-state index is 0.184. The first-order valence-corrected chi connectivity index (χ1v) is 7.40. The minimum Gasteiger partial charge on any atom is -0.491 e. The second kappa shape index (κ2) is 7.43. The van der Waals surface area contributed by atoms with Crippen molar-refractivity contribution in [3.63, 3.8) is 0 Å². The Morgan fingerprint density at radius 3 is 2.81 bits per heavy atom. The third-order valence-electron chi connectivity index (χ3n) is 2.96. The Labute approximate surface area is 131 Å². The normalized spacial score (nSPS) is 12.0. The van der Waals surface area contributed by atoms with Gasteiger partial charge in [0.15, 0.2) is 0 Å². The summed E-state index contributed by atoms with van der Waals surface area (Å²) in [5.74, 6) is 0.429. The number of nitrogens with one attached hydrogen (secondary N) is 1. The smallest absolute Gasteiger partial charge is 0.123 e. The van der Waals surface area contributed by atoms with E-state index in [-0.39, 0.29) is 12.4 Å². The largest absolute Gasteiger partial charge is 0.491 e. The fraction of sp³-hybridized carbons (Fsp3) is 0.250. The number of rotatable bonds is 6. The first-order valence-electron chi connectivity index (χ1n) is 6.61. The number of aliphatic hydroxyl groups is 1. The molecule has 0 aliphatic heterocycles. The van der Waals surface area contributed by atoms with Crippen LogP contribution in [0.4, 0.5) is 10.1 Å². The van der Waals surface area contributed by atoms with E-state index in [1.165, 1.54) is 12.1 Å².